The van der Waals surface area contributed by atoms with E-state index in [2.05, 4.69) is 0 Å². The van der Waals surface area contributed by atoms with Gasteiger partial charge in [0.1, 0.15) is 6.61 Å². The van der Waals surface area contributed by atoms with Crippen molar-refractivity contribution in [3.05, 3.63) is 58.1 Å². The molecule has 0 aliphatic carbocycles. The number of nitrogens with two attached hydrogens (primary N) is 2. The number of nitrogen functional groups attached to an aromatic ring is 2. The first-order valence-electron chi connectivity index (χ1n) is 6.05. The summed E-state index contributed by atoms with van der Waals surface area (Å²) in [6, 6.07) is 10.5. The lowest BCUT2D eigenvalue weighted by Gasteiger charge is -2.10. The number of aryl methyl sites for hydroxylation is 1. The Morgan fingerprint density at radius 2 is 1.95 bits per heavy atom. The van der Waals surface area contributed by atoms with Crippen molar-refractivity contribution in [2.45, 2.75) is 13.5 Å². The van der Waals surface area contributed by atoms with Crippen LogP contribution in [0.3, 0.4) is 0 Å². The lowest BCUT2D eigenvalue weighted by atomic mass is 10.1. The van der Waals surface area contributed by atoms with Gasteiger partial charge < -0.3 is 16.2 Å². The Hall–Kier alpha value is -2.20. The van der Waals surface area contributed by atoms with Crippen LogP contribution in [0.15, 0.2) is 36.4 Å². The fourth-order valence-electron chi connectivity index (χ4n) is 1.83. The van der Waals surface area contributed by atoms with Crippen LogP contribution in [0.1, 0.15) is 21.5 Å². The summed E-state index contributed by atoms with van der Waals surface area (Å²) in [5.41, 5.74) is 14.0. The second kappa shape index (κ2) is 5.84. The van der Waals surface area contributed by atoms with Crippen LogP contribution in [-0.2, 0) is 11.3 Å². The van der Waals surface area contributed by atoms with E-state index in [9.17, 15) is 4.79 Å². The van der Waals surface area contributed by atoms with Crippen molar-refractivity contribution in [1.82, 2.24) is 0 Å². The fraction of sp³-hybridized carbons (Fsp3) is 0.133. The third kappa shape index (κ3) is 3.03. The maximum Gasteiger partial charge on any atom is 0.340 e. The third-order valence-electron chi connectivity index (χ3n) is 2.89. The minimum absolute atomic E-state index is 0.0891. The summed E-state index contributed by atoms with van der Waals surface area (Å²) in [6.07, 6.45) is 0. The summed E-state index contributed by atoms with van der Waals surface area (Å²) in [5, 5.41) is 0.553. The van der Waals surface area contributed by atoms with Gasteiger partial charge in [0.15, 0.2) is 0 Å². The lowest BCUT2D eigenvalue weighted by Crippen LogP contribution is -2.10. The molecule has 0 spiro atoms. The number of rotatable bonds is 3. The summed E-state index contributed by atoms with van der Waals surface area (Å²) in [4.78, 5) is 12.1. The first-order valence-corrected chi connectivity index (χ1v) is 6.43. The highest BCUT2D eigenvalue weighted by Crippen LogP contribution is 2.24. The van der Waals surface area contributed by atoms with Gasteiger partial charge >= 0.3 is 5.97 Å². The molecule has 0 unspecified atom stereocenters. The van der Waals surface area contributed by atoms with Gasteiger partial charge in [-0.2, -0.15) is 0 Å². The van der Waals surface area contributed by atoms with Crippen LogP contribution in [-0.4, -0.2) is 5.97 Å². The Morgan fingerprint density at radius 3 is 2.65 bits per heavy atom. The van der Waals surface area contributed by atoms with E-state index in [0.29, 0.717) is 10.7 Å². The normalized spacial score (nSPS) is 10.3. The van der Waals surface area contributed by atoms with Crippen LogP contribution < -0.4 is 11.5 Å². The Morgan fingerprint density at radius 1 is 1.25 bits per heavy atom. The second-order valence-electron chi connectivity index (χ2n) is 4.48. The molecule has 2 aromatic carbocycles. The highest BCUT2D eigenvalue weighted by molar-refractivity contribution is 6.31. The predicted octanol–water partition coefficient (Wildman–Crippen LogP) is 3.17. The lowest BCUT2D eigenvalue weighted by molar-refractivity contribution is 0.0474. The van der Waals surface area contributed by atoms with E-state index in [1.807, 2.05) is 19.1 Å². The van der Waals surface area contributed by atoms with Gasteiger partial charge in [0.25, 0.3) is 0 Å². The van der Waals surface area contributed by atoms with Crippen LogP contribution in [0, 0.1) is 6.92 Å². The third-order valence-corrected chi connectivity index (χ3v) is 3.26. The Labute approximate surface area is 122 Å². The van der Waals surface area contributed by atoms with Crippen LogP contribution >= 0.6 is 11.6 Å². The van der Waals surface area contributed by atoms with Gasteiger partial charge in [-0.05, 0) is 30.7 Å². The van der Waals surface area contributed by atoms with Crippen LogP contribution in [0.25, 0.3) is 0 Å². The predicted molar refractivity (Wildman–Crippen MR) is 80.6 cm³/mol. The molecule has 2 rings (SSSR count). The molecule has 0 bridgehead atoms. The topological polar surface area (TPSA) is 78.3 Å². The van der Waals surface area contributed by atoms with Gasteiger partial charge in [0.2, 0.25) is 0 Å². The van der Waals surface area contributed by atoms with E-state index in [1.165, 1.54) is 0 Å². The minimum atomic E-state index is -0.516. The molecule has 0 aliphatic heterocycles. The molecule has 4 N–H and O–H groups in total. The van der Waals surface area contributed by atoms with Crippen molar-refractivity contribution in [1.29, 1.82) is 0 Å². The van der Waals surface area contributed by atoms with Crippen molar-refractivity contribution >= 4 is 28.9 Å². The molecule has 20 heavy (non-hydrogen) atoms. The average Bonchev–Trinajstić information content (AvgIpc) is 2.41. The average molecular weight is 291 g/mol. The second-order valence-corrected chi connectivity index (χ2v) is 4.89. The van der Waals surface area contributed by atoms with Crippen molar-refractivity contribution in [2.75, 3.05) is 11.5 Å². The molecule has 0 aliphatic rings. The zero-order chi connectivity index (χ0) is 14.7. The van der Waals surface area contributed by atoms with Crippen molar-refractivity contribution in [3.63, 3.8) is 0 Å². The largest absolute Gasteiger partial charge is 0.457 e. The molecule has 0 saturated heterocycles. The van der Waals surface area contributed by atoms with E-state index < -0.39 is 5.97 Å². The Bertz CT molecular complexity index is 656. The van der Waals surface area contributed by atoms with Gasteiger partial charge in [-0.3, -0.25) is 0 Å². The van der Waals surface area contributed by atoms with Crippen molar-refractivity contribution in [2.24, 2.45) is 0 Å². The first kappa shape index (κ1) is 14.2. The molecule has 104 valence electrons. The number of halogens is 1. The quantitative estimate of drug-likeness (QED) is 0.672. The summed E-state index contributed by atoms with van der Waals surface area (Å²) in [5.74, 6) is -0.516. The number of benzene rings is 2. The molecule has 0 fully saturated rings. The zero-order valence-electron chi connectivity index (χ0n) is 11.0. The van der Waals surface area contributed by atoms with Gasteiger partial charge in [-0.25, -0.2) is 4.79 Å². The number of hydrogen-bond acceptors (Lipinski definition) is 4. The maximum absolute atomic E-state index is 12.1. The van der Waals surface area contributed by atoms with E-state index in [4.69, 9.17) is 27.8 Å². The fourth-order valence-corrected chi connectivity index (χ4v) is 2.02. The van der Waals surface area contributed by atoms with Crippen molar-refractivity contribution < 1.29 is 9.53 Å². The maximum atomic E-state index is 12.1. The summed E-state index contributed by atoms with van der Waals surface area (Å²) >= 11 is 6.00. The Balaban J connectivity index is 2.15. The minimum Gasteiger partial charge on any atom is -0.457 e. The van der Waals surface area contributed by atoms with Crippen molar-refractivity contribution in [3.8, 4) is 0 Å². The van der Waals surface area contributed by atoms with Crippen LogP contribution in [0.4, 0.5) is 11.4 Å². The molecular formula is C15H15ClN2O2. The zero-order valence-corrected chi connectivity index (χ0v) is 11.8. The molecule has 0 aromatic heterocycles. The Kier molecular flexibility index (Phi) is 4.15. The van der Waals surface area contributed by atoms with Gasteiger partial charge in [-0.15, -0.1) is 0 Å². The standard InChI is InChI=1S/C15H15ClN2O2/c1-9-6-11(14(18)13(17)7-9)15(19)20-8-10-4-2-3-5-12(10)16/h2-7H,8,17-18H2,1H3. The number of carbonyl (C=O) groups excluding carboxylic acids is 1. The summed E-state index contributed by atoms with van der Waals surface area (Å²) in [6.45, 7) is 1.92. The number of ether oxygens (including phenoxy) is 1. The molecule has 4 nitrogen and oxygen atoms in total. The summed E-state index contributed by atoms with van der Waals surface area (Å²) in [7, 11) is 0. The number of anilines is 2. The van der Waals surface area contributed by atoms with Gasteiger partial charge in [-0.1, -0.05) is 29.8 Å². The molecule has 0 heterocycles. The SMILES string of the molecule is Cc1cc(N)c(N)c(C(=O)OCc2ccccc2Cl)c1. The van der Waals surface area contributed by atoms with E-state index >= 15 is 0 Å². The van der Waals surface area contributed by atoms with Crippen LogP contribution in [0.5, 0.6) is 0 Å². The van der Waals surface area contributed by atoms with E-state index in [0.717, 1.165) is 11.1 Å². The molecule has 5 heteroatoms. The van der Waals surface area contributed by atoms with E-state index in [1.54, 1.807) is 24.3 Å². The van der Waals surface area contributed by atoms with Gasteiger partial charge in [0, 0.05) is 10.6 Å². The molecule has 0 saturated carbocycles. The first-order chi connectivity index (χ1) is 9.49. The molecule has 0 amide bonds. The number of carbonyl (C=O) groups is 1. The van der Waals surface area contributed by atoms with Crippen LogP contribution in [0.2, 0.25) is 5.02 Å². The molecule has 0 radical (unpaired) electrons. The number of hydrogen-bond donors (Lipinski definition) is 2. The molecule has 0 atom stereocenters. The highest BCUT2D eigenvalue weighted by atomic mass is 35.5. The number of esters is 1. The smallest absolute Gasteiger partial charge is 0.340 e. The van der Waals surface area contributed by atoms with Gasteiger partial charge in [0.05, 0.1) is 16.9 Å². The summed E-state index contributed by atoms with van der Waals surface area (Å²) < 4.78 is 5.23. The van der Waals surface area contributed by atoms with E-state index in [-0.39, 0.29) is 17.9 Å². The highest BCUT2D eigenvalue weighted by Gasteiger charge is 2.14. The monoisotopic (exact) mass is 290 g/mol. The molecular weight excluding hydrogens is 276 g/mol. The molecule has 2 aromatic rings.